The van der Waals surface area contributed by atoms with E-state index < -0.39 is 11.7 Å². The van der Waals surface area contributed by atoms with Crippen molar-refractivity contribution in [2.75, 3.05) is 11.9 Å². The van der Waals surface area contributed by atoms with Crippen LogP contribution in [0.4, 0.5) is 18.9 Å². The van der Waals surface area contributed by atoms with Gasteiger partial charge in [-0.3, -0.25) is 4.79 Å². The first-order valence-electron chi connectivity index (χ1n) is 5.90. The summed E-state index contributed by atoms with van der Waals surface area (Å²) >= 11 is 3.02. The van der Waals surface area contributed by atoms with E-state index in [0.29, 0.717) is 4.47 Å². The first-order chi connectivity index (χ1) is 8.97. The predicted molar refractivity (Wildman–Crippen MR) is 75.5 cm³/mol. The van der Waals surface area contributed by atoms with Gasteiger partial charge in [0.25, 0.3) is 0 Å². The zero-order valence-corrected chi connectivity index (χ0v) is 12.9. The van der Waals surface area contributed by atoms with Crippen molar-refractivity contribution in [3.05, 3.63) is 28.2 Å². The highest BCUT2D eigenvalue weighted by Crippen LogP contribution is 2.33. The Morgan fingerprint density at radius 1 is 1.20 bits per heavy atom. The van der Waals surface area contributed by atoms with Crippen LogP contribution in [0.1, 0.15) is 26.3 Å². The van der Waals surface area contributed by atoms with Crippen LogP contribution in [0.15, 0.2) is 22.7 Å². The van der Waals surface area contributed by atoms with Gasteiger partial charge in [0.1, 0.15) is 0 Å². The molecule has 7 heteroatoms. The Balaban J connectivity index is 2.74. The number of hydrogen-bond donors (Lipinski definition) is 2. The van der Waals surface area contributed by atoms with Crippen LogP contribution in [0.2, 0.25) is 0 Å². The third-order valence-corrected chi connectivity index (χ3v) is 2.65. The summed E-state index contributed by atoms with van der Waals surface area (Å²) < 4.78 is 38.2. The minimum Gasteiger partial charge on any atom is -0.376 e. The molecule has 0 spiro atoms. The molecular formula is C13H16BrF3N2O. The van der Waals surface area contributed by atoms with E-state index in [1.165, 1.54) is 6.07 Å². The lowest BCUT2D eigenvalue weighted by Gasteiger charge is -2.21. The van der Waals surface area contributed by atoms with Gasteiger partial charge < -0.3 is 10.6 Å². The molecule has 0 radical (unpaired) electrons. The molecule has 0 aromatic heterocycles. The summed E-state index contributed by atoms with van der Waals surface area (Å²) in [6, 6.07) is 3.44. The Hall–Kier alpha value is -1.24. The minimum atomic E-state index is -4.42. The number of rotatable bonds is 3. The Kier molecular flexibility index (Phi) is 5.07. The number of anilines is 1. The Morgan fingerprint density at radius 2 is 1.80 bits per heavy atom. The molecular weight excluding hydrogens is 337 g/mol. The van der Waals surface area contributed by atoms with Crippen molar-refractivity contribution in [2.24, 2.45) is 0 Å². The Morgan fingerprint density at radius 3 is 2.30 bits per heavy atom. The maximum Gasteiger partial charge on any atom is 0.416 e. The van der Waals surface area contributed by atoms with Gasteiger partial charge in [-0.05, 0) is 39.0 Å². The van der Waals surface area contributed by atoms with Crippen molar-refractivity contribution < 1.29 is 18.0 Å². The van der Waals surface area contributed by atoms with E-state index in [9.17, 15) is 18.0 Å². The first-order valence-corrected chi connectivity index (χ1v) is 6.69. The van der Waals surface area contributed by atoms with Crippen LogP contribution in [0, 0.1) is 0 Å². The number of nitrogens with one attached hydrogen (secondary N) is 2. The fourth-order valence-corrected chi connectivity index (χ4v) is 1.99. The standard InChI is InChI=1S/C13H16BrF3N2O/c1-12(2,3)19-11(20)7-18-10-5-8(13(15,16)17)4-9(14)6-10/h4-6,18H,7H2,1-3H3,(H,19,20). The summed E-state index contributed by atoms with van der Waals surface area (Å²) in [4.78, 5) is 11.6. The van der Waals surface area contributed by atoms with Crippen molar-refractivity contribution in [2.45, 2.75) is 32.5 Å². The van der Waals surface area contributed by atoms with Crippen LogP contribution < -0.4 is 10.6 Å². The van der Waals surface area contributed by atoms with Gasteiger partial charge in [-0.2, -0.15) is 13.2 Å². The monoisotopic (exact) mass is 352 g/mol. The van der Waals surface area contributed by atoms with Gasteiger partial charge in [-0.15, -0.1) is 0 Å². The number of hydrogen-bond acceptors (Lipinski definition) is 2. The summed E-state index contributed by atoms with van der Waals surface area (Å²) in [6.07, 6.45) is -4.42. The zero-order valence-electron chi connectivity index (χ0n) is 11.4. The minimum absolute atomic E-state index is 0.0922. The lowest BCUT2D eigenvalue weighted by Crippen LogP contribution is -2.43. The second-order valence-corrected chi connectivity index (χ2v) is 6.29. The van der Waals surface area contributed by atoms with E-state index in [1.54, 1.807) is 0 Å². The van der Waals surface area contributed by atoms with Crippen LogP contribution in [0.5, 0.6) is 0 Å². The second-order valence-electron chi connectivity index (χ2n) is 5.38. The Labute approximate surface area is 124 Å². The molecule has 0 unspecified atom stereocenters. The summed E-state index contributed by atoms with van der Waals surface area (Å²) in [5.41, 5.74) is -0.922. The topological polar surface area (TPSA) is 41.1 Å². The van der Waals surface area contributed by atoms with E-state index in [1.807, 2.05) is 20.8 Å². The van der Waals surface area contributed by atoms with Crippen LogP contribution in [-0.2, 0) is 11.0 Å². The van der Waals surface area contributed by atoms with Gasteiger partial charge in [0.2, 0.25) is 5.91 Å². The lowest BCUT2D eigenvalue weighted by molar-refractivity contribution is -0.137. The fraction of sp³-hybridized carbons (Fsp3) is 0.462. The molecule has 1 rings (SSSR count). The van der Waals surface area contributed by atoms with E-state index in [0.717, 1.165) is 12.1 Å². The number of carbonyl (C=O) groups excluding carboxylic acids is 1. The molecule has 0 aliphatic heterocycles. The van der Waals surface area contributed by atoms with Crippen LogP contribution in [0.25, 0.3) is 0 Å². The molecule has 0 saturated carbocycles. The zero-order chi connectivity index (χ0) is 15.6. The molecule has 0 bridgehead atoms. The van der Waals surface area contributed by atoms with Gasteiger partial charge in [-0.1, -0.05) is 15.9 Å². The number of alkyl halides is 3. The molecule has 0 aliphatic carbocycles. The highest BCUT2D eigenvalue weighted by atomic mass is 79.9. The molecule has 20 heavy (non-hydrogen) atoms. The third-order valence-electron chi connectivity index (χ3n) is 2.19. The summed E-state index contributed by atoms with van der Waals surface area (Å²) in [5, 5.41) is 5.39. The molecule has 0 heterocycles. The summed E-state index contributed by atoms with van der Waals surface area (Å²) in [5.74, 6) is -0.286. The average Bonchev–Trinajstić information content (AvgIpc) is 2.22. The molecule has 0 aliphatic rings. The van der Waals surface area contributed by atoms with E-state index in [2.05, 4.69) is 26.6 Å². The van der Waals surface area contributed by atoms with Gasteiger partial charge in [0.15, 0.2) is 0 Å². The summed E-state index contributed by atoms with van der Waals surface area (Å²) in [6.45, 7) is 5.38. The van der Waals surface area contributed by atoms with E-state index in [4.69, 9.17) is 0 Å². The predicted octanol–water partition coefficient (Wildman–Crippen LogP) is 3.79. The van der Waals surface area contributed by atoms with Gasteiger partial charge in [0, 0.05) is 15.7 Å². The van der Waals surface area contributed by atoms with Gasteiger partial charge >= 0.3 is 6.18 Å². The SMILES string of the molecule is CC(C)(C)NC(=O)CNc1cc(Br)cc(C(F)(F)F)c1. The molecule has 3 nitrogen and oxygen atoms in total. The quantitative estimate of drug-likeness (QED) is 0.868. The van der Waals surface area contributed by atoms with Crippen LogP contribution in [0.3, 0.4) is 0 Å². The molecule has 0 saturated heterocycles. The number of benzene rings is 1. The fourth-order valence-electron chi connectivity index (χ4n) is 1.50. The van der Waals surface area contributed by atoms with Crippen molar-refractivity contribution >= 4 is 27.5 Å². The first kappa shape index (κ1) is 16.8. The van der Waals surface area contributed by atoms with Gasteiger partial charge in [0.05, 0.1) is 12.1 Å². The van der Waals surface area contributed by atoms with Crippen LogP contribution >= 0.6 is 15.9 Å². The Bertz CT molecular complexity index is 495. The van der Waals surface area contributed by atoms with Crippen molar-refractivity contribution in [3.8, 4) is 0 Å². The number of amides is 1. The average molecular weight is 353 g/mol. The lowest BCUT2D eigenvalue weighted by atomic mass is 10.1. The smallest absolute Gasteiger partial charge is 0.376 e. The second kappa shape index (κ2) is 6.03. The molecule has 1 aromatic carbocycles. The largest absolute Gasteiger partial charge is 0.416 e. The van der Waals surface area contributed by atoms with E-state index in [-0.39, 0.29) is 23.7 Å². The van der Waals surface area contributed by atoms with Crippen molar-refractivity contribution in [3.63, 3.8) is 0 Å². The molecule has 2 N–H and O–H groups in total. The van der Waals surface area contributed by atoms with Crippen molar-refractivity contribution in [1.82, 2.24) is 5.32 Å². The number of carbonyl (C=O) groups is 1. The molecule has 1 aromatic rings. The molecule has 0 atom stereocenters. The molecule has 0 fully saturated rings. The van der Waals surface area contributed by atoms with Crippen molar-refractivity contribution in [1.29, 1.82) is 0 Å². The maximum atomic E-state index is 12.6. The maximum absolute atomic E-state index is 12.6. The normalized spacial score (nSPS) is 12.2. The van der Waals surface area contributed by atoms with Crippen LogP contribution in [-0.4, -0.2) is 18.0 Å². The summed E-state index contributed by atoms with van der Waals surface area (Å²) in [7, 11) is 0. The molecule has 112 valence electrons. The number of halogens is 4. The highest BCUT2D eigenvalue weighted by molar-refractivity contribution is 9.10. The van der Waals surface area contributed by atoms with E-state index >= 15 is 0 Å². The van der Waals surface area contributed by atoms with Gasteiger partial charge in [-0.25, -0.2) is 0 Å². The molecule has 1 amide bonds. The third kappa shape index (κ3) is 5.81. The highest BCUT2D eigenvalue weighted by Gasteiger charge is 2.31.